The molecule has 1 fully saturated rings. The molecule has 0 saturated heterocycles. The highest BCUT2D eigenvalue weighted by molar-refractivity contribution is 6.11. The fraction of sp³-hybridized carbons (Fsp3) is 0.429. The Morgan fingerprint density at radius 3 is 1.86 bits per heavy atom. The Morgan fingerprint density at radius 1 is 0.759 bits per heavy atom. The van der Waals surface area contributed by atoms with Crippen molar-refractivity contribution in [3.8, 4) is 0 Å². The van der Waals surface area contributed by atoms with E-state index in [1.807, 2.05) is 6.08 Å². The minimum Gasteiger partial charge on any atom is -0.466 e. The van der Waals surface area contributed by atoms with Gasteiger partial charge in [0.1, 0.15) is 0 Å². The third-order valence-electron chi connectivity index (χ3n) is 6.69. The number of rotatable bonds is 4. The molecule has 4 aliphatic carbocycles. The molecule has 8 heteroatoms. The molecule has 0 heterocycles. The van der Waals surface area contributed by atoms with Crippen LogP contribution in [0.1, 0.15) is 6.42 Å². The first kappa shape index (κ1) is 19.2. The van der Waals surface area contributed by atoms with E-state index >= 15 is 0 Å². The van der Waals surface area contributed by atoms with E-state index in [0.717, 1.165) is 0 Å². The molecule has 0 aromatic heterocycles. The highest BCUT2D eigenvalue weighted by Crippen LogP contribution is 2.80. The number of carbonyl (C=O) groups is 4. The van der Waals surface area contributed by atoms with Crippen LogP contribution >= 0.6 is 0 Å². The Labute approximate surface area is 166 Å². The van der Waals surface area contributed by atoms with Crippen LogP contribution in [0.4, 0.5) is 0 Å². The Bertz CT molecular complexity index is 969. The molecule has 4 aliphatic rings. The normalized spacial score (nSPS) is 33.0. The van der Waals surface area contributed by atoms with E-state index in [9.17, 15) is 19.2 Å². The number of methoxy groups -OCH3 is 4. The van der Waals surface area contributed by atoms with E-state index < -0.39 is 46.5 Å². The number of hydrogen-bond donors (Lipinski definition) is 0. The minimum atomic E-state index is -1.02. The molecule has 4 atom stereocenters. The number of allylic oxidation sites excluding steroid dienone is 4. The molecule has 0 aromatic carbocycles. The standard InChI is InChI=1S/C21H20O8/c1-26-16(22)11-10-9-20(14(11)18(24)28-3)7-5-6-8-21(20)13(10)12(17(23)27-2)15(21)19(25)29-4/h5-8,10,13H,9H2,1-4H3. The zero-order chi connectivity index (χ0) is 21.1. The fourth-order valence-corrected chi connectivity index (χ4v) is 5.87. The maximum absolute atomic E-state index is 12.8. The van der Waals surface area contributed by atoms with Gasteiger partial charge in [-0.05, 0) is 6.42 Å². The molecule has 4 unspecified atom stereocenters. The summed E-state index contributed by atoms with van der Waals surface area (Å²) in [6.45, 7) is 0. The van der Waals surface area contributed by atoms with E-state index in [1.165, 1.54) is 28.4 Å². The van der Waals surface area contributed by atoms with Gasteiger partial charge in [-0.2, -0.15) is 0 Å². The Balaban J connectivity index is 2.04. The summed E-state index contributed by atoms with van der Waals surface area (Å²) in [5, 5.41) is 0. The molecule has 0 N–H and O–H groups in total. The number of ether oxygens (including phenoxy) is 4. The quantitative estimate of drug-likeness (QED) is 0.509. The molecular weight excluding hydrogens is 380 g/mol. The summed E-state index contributed by atoms with van der Waals surface area (Å²) in [5.74, 6) is -3.67. The van der Waals surface area contributed by atoms with Gasteiger partial charge in [0.05, 0.1) is 50.7 Å². The summed E-state index contributed by atoms with van der Waals surface area (Å²) in [5.41, 5.74) is -1.33. The summed E-state index contributed by atoms with van der Waals surface area (Å²) in [6.07, 6.45) is 7.50. The van der Waals surface area contributed by atoms with Gasteiger partial charge in [0, 0.05) is 22.7 Å². The summed E-state index contributed by atoms with van der Waals surface area (Å²) < 4.78 is 19.8. The molecule has 8 nitrogen and oxygen atoms in total. The van der Waals surface area contributed by atoms with Crippen molar-refractivity contribution in [3.05, 3.63) is 46.6 Å². The molecule has 0 aliphatic heterocycles. The molecule has 1 saturated carbocycles. The summed E-state index contributed by atoms with van der Waals surface area (Å²) >= 11 is 0. The van der Waals surface area contributed by atoms with Gasteiger partial charge >= 0.3 is 23.9 Å². The average molecular weight is 400 g/mol. The van der Waals surface area contributed by atoms with E-state index in [0.29, 0.717) is 6.42 Å². The summed E-state index contributed by atoms with van der Waals surface area (Å²) in [4.78, 5) is 50.8. The van der Waals surface area contributed by atoms with Crippen LogP contribution in [0.3, 0.4) is 0 Å². The number of carbonyl (C=O) groups excluding carboxylic acids is 4. The second kappa shape index (κ2) is 6.17. The zero-order valence-corrected chi connectivity index (χ0v) is 16.4. The molecule has 0 radical (unpaired) electrons. The highest BCUT2D eigenvalue weighted by Gasteiger charge is 2.79. The van der Waals surface area contributed by atoms with Crippen molar-refractivity contribution in [1.82, 2.24) is 0 Å². The van der Waals surface area contributed by atoms with Gasteiger partial charge in [-0.15, -0.1) is 0 Å². The zero-order valence-electron chi connectivity index (χ0n) is 16.4. The summed E-state index contributed by atoms with van der Waals surface area (Å²) in [7, 11) is 4.92. The van der Waals surface area contributed by atoms with Crippen molar-refractivity contribution < 1.29 is 38.1 Å². The maximum atomic E-state index is 12.8. The van der Waals surface area contributed by atoms with Crippen LogP contribution < -0.4 is 0 Å². The molecule has 152 valence electrons. The predicted octanol–water partition coefficient (Wildman–Crippen LogP) is 1.03. The minimum absolute atomic E-state index is 0.158. The third kappa shape index (κ3) is 1.93. The molecule has 2 bridgehead atoms. The van der Waals surface area contributed by atoms with Crippen LogP contribution in [0.5, 0.6) is 0 Å². The lowest BCUT2D eigenvalue weighted by atomic mass is 9.43. The Hall–Kier alpha value is -3.16. The first-order valence-electron chi connectivity index (χ1n) is 9.05. The molecule has 0 aromatic rings. The first-order chi connectivity index (χ1) is 13.9. The van der Waals surface area contributed by atoms with E-state index in [1.54, 1.807) is 18.2 Å². The van der Waals surface area contributed by atoms with E-state index in [-0.39, 0.29) is 22.3 Å². The average Bonchev–Trinajstić information content (AvgIpc) is 3.17. The number of fused-ring (bicyclic) bond motifs is 2. The monoisotopic (exact) mass is 400 g/mol. The Morgan fingerprint density at radius 2 is 1.28 bits per heavy atom. The van der Waals surface area contributed by atoms with Crippen molar-refractivity contribution in [3.63, 3.8) is 0 Å². The molecule has 0 amide bonds. The van der Waals surface area contributed by atoms with Crippen LogP contribution in [-0.2, 0) is 38.1 Å². The van der Waals surface area contributed by atoms with Crippen LogP contribution in [0, 0.1) is 22.7 Å². The molecule has 4 rings (SSSR count). The first-order valence-corrected chi connectivity index (χ1v) is 9.05. The van der Waals surface area contributed by atoms with Crippen molar-refractivity contribution in [1.29, 1.82) is 0 Å². The second-order valence-electron chi connectivity index (χ2n) is 7.39. The van der Waals surface area contributed by atoms with Gasteiger partial charge in [-0.25, -0.2) is 19.2 Å². The van der Waals surface area contributed by atoms with Crippen LogP contribution in [0.25, 0.3) is 0 Å². The van der Waals surface area contributed by atoms with Crippen molar-refractivity contribution in [2.45, 2.75) is 6.42 Å². The van der Waals surface area contributed by atoms with Crippen LogP contribution in [0.2, 0.25) is 0 Å². The van der Waals surface area contributed by atoms with Gasteiger partial charge in [0.15, 0.2) is 0 Å². The number of hydrogen-bond acceptors (Lipinski definition) is 8. The fourth-order valence-electron chi connectivity index (χ4n) is 5.87. The topological polar surface area (TPSA) is 105 Å². The lowest BCUT2D eigenvalue weighted by Gasteiger charge is -2.56. The molecule has 29 heavy (non-hydrogen) atoms. The van der Waals surface area contributed by atoms with Crippen molar-refractivity contribution in [2.75, 3.05) is 28.4 Å². The second-order valence-corrected chi connectivity index (χ2v) is 7.39. The third-order valence-corrected chi connectivity index (χ3v) is 6.69. The lowest BCUT2D eigenvalue weighted by molar-refractivity contribution is -0.146. The maximum Gasteiger partial charge on any atom is 0.335 e. The van der Waals surface area contributed by atoms with Gasteiger partial charge in [-0.1, -0.05) is 24.3 Å². The Kier molecular flexibility index (Phi) is 4.08. The van der Waals surface area contributed by atoms with Gasteiger partial charge < -0.3 is 18.9 Å². The van der Waals surface area contributed by atoms with Crippen molar-refractivity contribution >= 4 is 23.9 Å². The van der Waals surface area contributed by atoms with E-state index in [4.69, 9.17) is 18.9 Å². The van der Waals surface area contributed by atoms with Crippen LogP contribution in [0.15, 0.2) is 46.6 Å². The molecular formula is C21H20O8. The highest BCUT2D eigenvalue weighted by atomic mass is 16.5. The van der Waals surface area contributed by atoms with Gasteiger partial charge in [0.2, 0.25) is 0 Å². The molecule has 2 spiro atoms. The van der Waals surface area contributed by atoms with Crippen LogP contribution in [-0.4, -0.2) is 52.3 Å². The lowest BCUT2D eigenvalue weighted by Crippen LogP contribution is -2.57. The predicted molar refractivity (Wildman–Crippen MR) is 96.9 cm³/mol. The van der Waals surface area contributed by atoms with E-state index in [2.05, 4.69) is 0 Å². The SMILES string of the molecule is COC(=O)C1=C(C(=O)OC)C23C=CC=CC24C(C(=O)OC)=C(C(=O)OC)C4C1C3. The van der Waals surface area contributed by atoms with Gasteiger partial charge in [-0.3, -0.25) is 0 Å². The largest absolute Gasteiger partial charge is 0.466 e. The van der Waals surface area contributed by atoms with Gasteiger partial charge in [0.25, 0.3) is 0 Å². The number of esters is 4. The smallest absolute Gasteiger partial charge is 0.335 e. The summed E-state index contributed by atoms with van der Waals surface area (Å²) in [6, 6.07) is 0. The van der Waals surface area contributed by atoms with Crippen molar-refractivity contribution in [2.24, 2.45) is 22.7 Å².